The Morgan fingerprint density at radius 1 is 1.00 bits per heavy atom. The molecule has 5 aromatic rings. The van der Waals surface area contributed by atoms with Crippen LogP contribution in [0.25, 0.3) is 32.2 Å². The first-order valence-corrected chi connectivity index (χ1v) is 10.5. The summed E-state index contributed by atoms with van der Waals surface area (Å²) in [6.45, 7) is 2.13. The molecular weight excluding hydrogens is 420 g/mol. The van der Waals surface area contributed by atoms with E-state index in [1.165, 1.54) is 0 Å². The van der Waals surface area contributed by atoms with Gasteiger partial charge in [-0.1, -0.05) is 13.5 Å². The van der Waals surface area contributed by atoms with Crippen LogP contribution in [0.15, 0.2) is 67.0 Å². The van der Waals surface area contributed by atoms with E-state index in [0.717, 1.165) is 37.3 Å². The van der Waals surface area contributed by atoms with Crippen LogP contribution in [0.1, 0.15) is 28.5 Å². The molecule has 0 unspecified atom stereocenters. The summed E-state index contributed by atoms with van der Waals surface area (Å²) in [6.07, 6.45) is 3.38. The monoisotopic (exact) mass is 442 g/mol. The van der Waals surface area contributed by atoms with E-state index in [0.29, 0.717) is 17.0 Å². The lowest BCUT2D eigenvalue weighted by Gasteiger charge is -2.13. The van der Waals surface area contributed by atoms with E-state index in [1.54, 1.807) is 35.9 Å². The van der Waals surface area contributed by atoms with Crippen molar-refractivity contribution in [1.82, 2.24) is 15.0 Å². The summed E-state index contributed by atoms with van der Waals surface area (Å²) in [4.78, 5) is 25.0. The van der Waals surface area contributed by atoms with Gasteiger partial charge in [-0.2, -0.15) is 0 Å². The van der Waals surface area contributed by atoms with Crippen molar-refractivity contribution >= 4 is 38.4 Å². The Balaban J connectivity index is 0.00000245. The number of carbonyl (C=O) groups is 1. The van der Waals surface area contributed by atoms with Crippen LogP contribution in [0.4, 0.5) is 0 Å². The van der Waals surface area contributed by atoms with Crippen LogP contribution in [-0.4, -0.2) is 20.9 Å². The van der Waals surface area contributed by atoms with E-state index in [9.17, 15) is 4.79 Å². The van der Waals surface area contributed by atoms with Crippen LogP contribution in [0.3, 0.4) is 0 Å². The molecule has 7 heteroatoms. The molecule has 0 aliphatic rings. The predicted molar refractivity (Wildman–Crippen MR) is 129 cm³/mol. The van der Waals surface area contributed by atoms with Gasteiger partial charge in [0.2, 0.25) is 0 Å². The highest BCUT2D eigenvalue weighted by molar-refractivity contribution is 7.18. The first-order valence-electron chi connectivity index (χ1n) is 9.71. The van der Waals surface area contributed by atoms with Crippen LogP contribution in [-0.2, 0) is 6.61 Å². The molecule has 0 saturated carbocycles. The molecule has 0 fully saturated rings. The van der Waals surface area contributed by atoms with Crippen molar-refractivity contribution in [2.75, 3.05) is 0 Å². The predicted octanol–water partition coefficient (Wildman–Crippen LogP) is 5.53. The number of pyridine rings is 2. The number of fused-ring (bicyclic) bond motifs is 2. The smallest absolute Gasteiger partial charge is 0.250 e. The van der Waals surface area contributed by atoms with Crippen molar-refractivity contribution in [1.29, 1.82) is 0 Å². The second-order valence-electron chi connectivity index (χ2n) is 7.11. The van der Waals surface area contributed by atoms with E-state index in [-0.39, 0.29) is 14.0 Å². The van der Waals surface area contributed by atoms with Crippen molar-refractivity contribution in [2.45, 2.75) is 21.0 Å². The number of hydrogen-bond donors (Lipinski definition) is 1. The minimum Gasteiger partial charge on any atom is -0.487 e. The Kier molecular flexibility index (Phi) is 5.83. The standard InChI is InChI=1S/C24H18N4O2S.CH4/c1-14-28-19-7-6-15(12-23(19)31-14)16-10-20-17(4-2-8-26-20)22(11-16)30-13-21-18(24(25)29)5-3-9-27-21;/h2-12H,13H2,1H3,(H2,25,29);1H4. The molecule has 3 heterocycles. The number of rotatable bonds is 5. The van der Waals surface area contributed by atoms with Crippen LogP contribution >= 0.6 is 11.3 Å². The Hall–Kier alpha value is -3.84. The van der Waals surface area contributed by atoms with Gasteiger partial charge in [0.05, 0.1) is 32.0 Å². The fourth-order valence-electron chi connectivity index (χ4n) is 3.58. The molecule has 32 heavy (non-hydrogen) atoms. The maximum absolute atomic E-state index is 11.7. The summed E-state index contributed by atoms with van der Waals surface area (Å²) in [5.41, 5.74) is 10.2. The van der Waals surface area contributed by atoms with Gasteiger partial charge in [0.25, 0.3) is 5.91 Å². The first-order chi connectivity index (χ1) is 15.1. The molecule has 0 aliphatic carbocycles. The molecule has 0 saturated heterocycles. The quantitative estimate of drug-likeness (QED) is 0.386. The summed E-state index contributed by atoms with van der Waals surface area (Å²) < 4.78 is 7.27. The van der Waals surface area contributed by atoms with Crippen molar-refractivity contribution in [2.24, 2.45) is 5.73 Å². The van der Waals surface area contributed by atoms with Crippen molar-refractivity contribution in [3.05, 3.63) is 83.3 Å². The van der Waals surface area contributed by atoms with Crippen molar-refractivity contribution in [3.8, 4) is 16.9 Å². The number of hydrogen-bond acceptors (Lipinski definition) is 6. The van der Waals surface area contributed by atoms with Gasteiger partial charge in [0.15, 0.2) is 0 Å². The van der Waals surface area contributed by atoms with E-state index in [4.69, 9.17) is 10.5 Å². The molecule has 0 aliphatic heterocycles. The van der Waals surface area contributed by atoms with E-state index in [2.05, 4.69) is 27.1 Å². The molecule has 0 bridgehead atoms. The third kappa shape index (κ3) is 4.02. The van der Waals surface area contributed by atoms with E-state index in [1.807, 2.05) is 37.3 Å². The van der Waals surface area contributed by atoms with Gasteiger partial charge in [0, 0.05) is 17.8 Å². The minimum atomic E-state index is -0.528. The van der Waals surface area contributed by atoms with Gasteiger partial charge in [-0.15, -0.1) is 11.3 Å². The largest absolute Gasteiger partial charge is 0.487 e. The molecule has 6 nitrogen and oxygen atoms in total. The van der Waals surface area contributed by atoms with Crippen LogP contribution in [0.2, 0.25) is 0 Å². The van der Waals surface area contributed by atoms with Crippen molar-refractivity contribution < 1.29 is 9.53 Å². The Bertz CT molecular complexity index is 1440. The number of nitrogens with two attached hydrogens (primary N) is 1. The molecule has 5 rings (SSSR count). The zero-order valence-electron chi connectivity index (χ0n) is 16.7. The lowest BCUT2D eigenvalue weighted by atomic mass is 10.0. The highest BCUT2D eigenvalue weighted by atomic mass is 32.1. The number of aromatic nitrogens is 3. The lowest BCUT2D eigenvalue weighted by molar-refractivity contribution is 0.0997. The Morgan fingerprint density at radius 3 is 2.66 bits per heavy atom. The summed E-state index contributed by atoms with van der Waals surface area (Å²) >= 11 is 1.67. The SMILES string of the molecule is C.Cc1nc2ccc(-c3cc(OCc4ncccc4C(N)=O)c4cccnc4c3)cc2s1. The number of nitrogens with zero attached hydrogens (tertiary/aromatic N) is 3. The molecule has 3 aromatic heterocycles. The molecule has 0 radical (unpaired) electrons. The summed E-state index contributed by atoms with van der Waals surface area (Å²) in [5, 5.41) is 1.93. The van der Waals surface area contributed by atoms with Gasteiger partial charge >= 0.3 is 0 Å². The molecule has 2 aromatic carbocycles. The summed E-state index contributed by atoms with van der Waals surface area (Å²) in [6, 6.07) is 17.4. The number of carbonyl (C=O) groups excluding carboxylic acids is 1. The third-order valence-electron chi connectivity index (χ3n) is 5.03. The van der Waals surface area contributed by atoms with Gasteiger partial charge in [-0.05, 0) is 66.6 Å². The highest BCUT2D eigenvalue weighted by Gasteiger charge is 2.13. The van der Waals surface area contributed by atoms with Gasteiger partial charge in [-0.3, -0.25) is 14.8 Å². The van der Waals surface area contributed by atoms with Crippen LogP contribution in [0.5, 0.6) is 5.75 Å². The number of aryl methyl sites for hydroxylation is 1. The van der Waals surface area contributed by atoms with Crippen LogP contribution in [0, 0.1) is 6.92 Å². The Labute approximate surface area is 189 Å². The second kappa shape index (κ2) is 8.72. The minimum absolute atomic E-state index is 0. The van der Waals surface area contributed by atoms with Crippen molar-refractivity contribution in [3.63, 3.8) is 0 Å². The maximum Gasteiger partial charge on any atom is 0.250 e. The first kappa shape index (κ1) is 21.4. The molecule has 2 N–H and O–H groups in total. The number of thiazole rings is 1. The molecule has 1 amide bonds. The highest BCUT2D eigenvalue weighted by Crippen LogP contribution is 2.34. The number of benzene rings is 2. The maximum atomic E-state index is 11.7. The molecule has 160 valence electrons. The normalized spacial score (nSPS) is 10.8. The number of primary amides is 1. The average Bonchev–Trinajstić information content (AvgIpc) is 3.16. The summed E-state index contributed by atoms with van der Waals surface area (Å²) in [7, 11) is 0. The fourth-order valence-corrected chi connectivity index (χ4v) is 4.44. The fraction of sp³-hybridized carbons (Fsp3) is 0.120. The third-order valence-corrected chi connectivity index (χ3v) is 5.97. The number of amides is 1. The number of ether oxygens (including phenoxy) is 1. The van der Waals surface area contributed by atoms with Crippen LogP contribution < -0.4 is 10.5 Å². The van der Waals surface area contributed by atoms with Gasteiger partial charge in [0.1, 0.15) is 12.4 Å². The van der Waals surface area contributed by atoms with Gasteiger partial charge < -0.3 is 10.5 Å². The Morgan fingerprint density at radius 2 is 1.81 bits per heavy atom. The second-order valence-corrected chi connectivity index (χ2v) is 8.35. The average molecular weight is 443 g/mol. The summed E-state index contributed by atoms with van der Waals surface area (Å²) in [5.74, 6) is 0.141. The van der Waals surface area contributed by atoms with E-state index >= 15 is 0 Å². The van der Waals surface area contributed by atoms with E-state index < -0.39 is 5.91 Å². The molecular formula is C25H22N4O2S. The molecule has 0 atom stereocenters. The zero-order chi connectivity index (χ0) is 21.4. The molecule has 0 spiro atoms. The van der Waals surface area contributed by atoms with Gasteiger partial charge in [-0.25, -0.2) is 4.98 Å². The topological polar surface area (TPSA) is 91.0 Å². The zero-order valence-corrected chi connectivity index (χ0v) is 17.5. The lowest BCUT2D eigenvalue weighted by Crippen LogP contribution is -2.15.